The third-order valence-electron chi connectivity index (χ3n) is 2.46. The standard InChI is InChI=1S/C11H10F3NO3/c1-15-4-7(16)9-6(11(12,13)14)2-3-8-10(9)18-5-17-8/h2-3,15H,4-5H2,1H3. The quantitative estimate of drug-likeness (QED) is 0.843. The highest BCUT2D eigenvalue weighted by atomic mass is 19.4. The van der Waals surface area contributed by atoms with Gasteiger partial charge in [0, 0.05) is 0 Å². The number of alkyl halides is 3. The van der Waals surface area contributed by atoms with Gasteiger partial charge in [0.1, 0.15) is 0 Å². The van der Waals surface area contributed by atoms with Gasteiger partial charge in [-0.15, -0.1) is 0 Å². The Hall–Kier alpha value is -1.76. The molecule has 1 aromatic carbocycles. The van der Waals surface area contributed by atoms with E-state index in [0.29, 0.717) is 0 Å². The van der Waals surface area contributed by atoms with Gasteiger partial charge in [-0.2, -0.15) is 13.2 Å². The van der Waals surface area contributed by atoms with Crippen LogP contribution in [0.5, 0.6) is 11.5 Å². The Morgan fingerprint density at radius 1 is 1.39 bits per heavy atom. The second kappa shape index (κ2) is 4.49. The van der Waals surface area contributed by atoms with E-state index in [1.165, 1.54) is 7.05 Å². The molecule has 0 aliphatic carbocycles. The molecule has 0 spiro atoms. The fourth-order valence-corrected chi connectivity index (χ4v) is 1.73. The van der Waals surface area contributed by atoms with E-state index >= 15 is 0 Å². The van der Waals surface area contributed by atoms with Crippen LogP contribution < -0.4 is 14.8 Å². The second-order valence-corrected chi connectivity index (χ2v) is 3.67. The highest BCUT2D eigenvalue weighted by Crippen LogP contribution is 2.43. The van der Waals surface area contributed by atoms with Gasteiger partial charge in [-0.3, -0.25) is 4.79 Å². The van der Waals surface area contributed by atoms with Crippen LogP contribution >= 0.6 is 0 Å². The monoisotopic (exact) mass is 261 g/mol. The summed E-state index contributed by atoms with van der Waals surface area (Å²) in [4.78, 5) is 11.8. The molecule has 0 fully saturated rings. The van der Waals surface area contributed by atoms with Crippen molar-refractivity contribution in [3.8, 4) is 11.5 Å². The molecule has 7 heteroatoms. The first-order valence-corrected chi connectivity index (χ1v) is 5.12. The van der Waals surface area contributed by atoms with Crippen molar-refractivity contribution in [2.24, 2.45) is 0 Å². The van der Waals surface area contributed by atoms with E-state index in [9.17, 15) is 18.0 Å². The average Bonchev–Trinajstić information content (AvgIpc) is 2.74. The molecule has 0 atom stereocenters. The van der Waals surface area contributed by atoms with Gasteiger partial charge in [-0.25, -0.2) is 0 Å². The summed E-state index contributed by atoms with van der Waals surface area (Å²) >= 11 is 0. The number of rotatable bonds is 3. The third kappa shape index (κ3) is 2.13. The number of carbonyl (C=O) groups excluding carboxylic acids is 1. The first-order valence-electron chi connectivity index (χ1n) is 5.12. The van der Waals surface area contributed by atoms with Crippen molar-refractivity contribution < 1.29 is 27.4 Å². The number of hydrogen-bond donors (Lipinski definition) is 1. The van der Waals surface area contributed by atoms with Crippen molar-refractivity contribution in [3.05, 3.63) is 23.3 Å². The zero-order valence-corrected chi connectivity index (χ0v) is 9.43. The largest absolute Gasteiger partial charge is 0.454 e. The summed E-state index contributed by atoms with van der Waals surface area (Å²) in [5, 5.41) is 2.52. The number of benzene rings is 1. The van der Waals surface area contributed by atoms with Crippen LogP contribution in [-0.4, -0.2) is 26.2 Å². The Morgan fingerprint density at radius 3 is 2.72 bits per heavy atom. The maximum atomic E-state index is 12.8. The van der Waals surface area contributed by atoms with Gasteiger partial charge in [-0.1, -0.05) is 0 Å². The SMILES string of the molecule is CNCC(=O)c1c(C(F)(F)F)ccc2c1OCO2. The van der Waals surface area contributed by atoms with Crippen LogP contribution in [0.4, 0.5) is 13.2 Å². The van der Waals surface area contributed by atoms with Gasteiger partial charge in [0.15, 0.2) is 17.3 Å². The number of Topliss-reactive ketones (excluding diaryl/α,β-unsaturated/α-hetero) is 1. The van der Waals surface area contributed by atoms with Crippen molar-refractivity contribution in [2.45, 2.75) is 6.18 Å². The molecule has 1 aromatic rings. The molecule has 18 heavy (non-hydrogen) atoms. The van der Waals surface area contributed by atoms with Crippen molar-refractivity contribution in [2.75, 3.05) is 20.4 Å². The normalized spacial score (nSPS) is 13.8. The predicted octanol–water partition coefficient (Wildman–Crippen LogP) is 1.84. The lowest BCUT2D eigenvalue weighted by Crippen LogP contribution is -2.22. The van der Waals surface area contributed by atoms with E-state index in [1.807, 2.05) is 0 Å². The summed E-state index contributed by atoms with van der Waals surface area (Å²) in [6.07, 6.45) is -4.61. The summed E-state index contributed by atoms with van der Waals surface area (Å²) in [7, 11) is 1.48. The zero-order chi connectivity index (χ0) is 13.3. The van der Waals surface area contributed by atoms with Gasteiger partial charge in [-0.05, 0) is 19.2 Å². The van der Waals surface area contributed by atoms with Crippen LogP contribution in [-0.2, 0) is 6.18 Å². The molecule has 1 aliphatic rings. The lowest BCUT2D eigenvalue weighted by Gasteiger charge is -2.13. The number of likely N-dealkylation sites (N-methyl/N-ethyl adjacent to an activating group) is 1. The fourth-order valence-electron chi connectivity index (χ4n) is 1.73. The first-order chi connectivity index (χ1) is 8.45. The second-order valence-electron chi connectivity index (χ2n) is 3.67. The number of ketones is 1. The van der Waals surface area contributed by atoms with E-state index in [-0.39, 0.29) is 24.8 Å². The van der Waals surface area contributed by atoms with Crippen LogP contribution in [0, 0.1) is 0 Å². The molecule has 4 nitrogen and oxygen atoms in total. The average molecular weight is 261 g/mol. The number of ether oxygens (including phenoxy) is 2. The van der Waals surface area contributed by atoms with Gasteiger partial charge < -0.3 is 14.8 Å². The van der Waals surface area contributed by atoms with Crippen LogP contribution in [0.2, 0.25) is 0 Å². The summed E-state index contributed by atoms with van der Waals surface area (Å²) < 4.78 is 48.5. The minimum absolute atomic E-state index is 0.134. The highest BCUT2D eigenvalue weighted by molar-refractivity contribution is 6.02. The molecule has 1 heterocycles. The molecule has 98 valence electrons. The summed E-state index contributed by atoms with van der Waals surface area (Å²) in [6.45, 7) is -0.390. The summed E-state index contributed by atoms with van der Waals surface area (Å²) in [6, 6.07) is 1.98. The van der Waals surface area contributed by atoms with Crippen molar-refractivity contribution in [1.82, 2.24) is 5.32 Å². The van der Waals surface area contributed by atoms with E-state index < -0.39 is 23.1 Å². The smallest absolute Gasteiger partial charge is 0.417 e. The van der Waals surface area contributed by atoms with Gasteiger partial charge >= 0.3 is 6.18 Å². The van der Waals surface area contributed by atoms with Crippen LogP contribution in [0.1, 0.15) is 15.9 Å². The molecule has 0 saturated heterocycles. The molecule has 0 amide bonds. The summed E-state index contributed by atoms with van der Waals surface area (Å²) in [5.41, 5.74) is -1.49. The molecule has 0 radical (unpaired) electrons. The topological polar surface area (TPSA) is 47.6 Å². The van der Waals surface area contributed by atoms with Crippen LogP contribution in [0.15, 0.2) is 12.1 Å². The Kier molecular flexibility index (Phi) is 3.16. The Labute approximate surface area is 101 Å². The lowest BCUT2D eigenvalue weighted by atomic mass is 10.0. The third-order valence-corrected chi connectivity index (χ3v) is 2.46. The van der Waals surface area contributed by atoms with Crippen molar-refractivity contribution in [1.29, 1.82) is 0 Å². The molecular weight excluding hydrogens is 251 g/mol. The molecule has 0 bridgehead atoms. The Balaban J connectivity index is 2.58. The molecule has 0 saturated carbocycles. The molecule has 1 aliphatic heterocycles. The first kappa shape index (κ1) is 12.7. The number of nitrogens with one attached hydrogen (secondary N) is 1. The molecular formula is C11H10F3NO3. The number of halogens is 3. The zero-order valence-electron chi connectivity index (χ0n) is 9.43. The van der Waals surface area contributed by atoms with Crippen molar-refractivity contribution >= 4 is 5.78 Å². The van der Waals surface area contributed by atoms with E-state index in [2.05, 4.69) is 5.32 Å². The Morgan fingerprint density at radius 2 is 2.11 bits per heavy atom. The van der Waals surface area contributed by atoms with Gasteiger partial charge in [0.2, 0.25) is 6.79 Å². The number of fused-ring (bicyclic) bond motifs is 1. The molecule has 1 N–H and O–H groups in total. The van der Waals surface area contributed by atoms with E-state index in [4.69, 9.17) is 9.47 Å². The van der Waals surface area contributed by atoms with Crippen LogP contribution in [0.3, 0.4) is 0 Å². The maximum Gasteiger partial charge on any atom is 0.417 e. The Bertz CT molecular complexity index is 485. The van der Waals surface area contributed by atoms with E-state index in [1.54, 1.807) is 0 Å². The van der Waals surface area contributed by atoms with Gasteiger partial charge in [0.05, 0.1) is 17.7 Å². The fraction of sp³-hybridized carbons (Fsp3) is 0.364. The van der Waals surface area contributed by atoms with Crippen LogP contribution in [0.25, 0.3) is 0 Å². The predicted molar refractivity (Wildman–Crippen MR) is 55.8 cm³/mol. The van der Waals surface area contributed by atoms with E-state index in [0.717, 1.165) is 12.1 Å². The maximum absolute atomic E-state index is 12.8. The molecule has 2 rings (SSSR count). The van der Waals surface area contributed by atoms with Gasteiger partial charge in [0.25, 0.3) is 0 Å². The highest BCUT2D eigenvalue weighted by Gasteiger charge is 2.38. The number of hydrogen-bond acceptors (Lipinski definition) is 4. The van der Waals surface area contributed by atoms with Crippen molar-refractivity contribution in [3.63, 3.8) is 0 Å². The lowest BCUT2D eigenvalue weighted by molar-refractivity contribution is -0.138. The number of carbonyl (C=O) groups is 1. The summed E-state index contributed by atoms with van der Waals surface area (Å²) in [5.74, 6) is -0.667. The molecule has 0 aromatic heterocycles. The minimum Gasteiger partial charge on any atom is -0.454 e. The minimum atomic E-state index is -4.61. The molecule has 0 unspecified atom stereocenters.